The van der Waals surface area contributed by atoms with Crippen LogP contribution in [0.3, 0.4) is 0 Å². The summed E-state index contributed by atoms with van der Waals surface area (Å²) in [5, 5.41) is 3.92. The van der Waals surface area contributed by atoms with E-state index in [9.17, 15) is 0 Å². The van der Waals surface area contributed by atoms with Crippen LogP contribution in [-0.2, 0) is 0 Å². The molecule has 0 spiro atoms. The fourth-order valence-electron chi connectivity index (χ4n) is 0.345. The summed E-state index contributed by atoms with van der Waals surface area (Å²) in [6, 6.07) is 1.94. The molecular weight excluding hydrogens is 134 g/mol. The van der Waals surface area contributed by atoms with Crippen molar-refractivity contribution in [1.29, 1.82) is 0 Å². The van der Waals surface area contributed by atoms with Crippen molar-refractivity contribution in [1.82, 2.24) is 8.49 Å². The first-order valence-electron chi connectivity index (χ1n) is 1.83. The molecule has 6 heavy (non-hydrogen) atoms. The molecule has 0 fully saturated rings. The molecular formula is C3H5GaN2. The summed E-state index contributed by atoms with van der Waals surface area (Å²) in [5.74, 6) is 0. The third kappa shape index (κ3) is 0.665. The van der Waals surface area contributed by atoms with E-state index in [0.29, 0.717) is 18.8 Å². The van der Waals surface area contributed by atoms with Crippen molar-refractivity contribution in [2.75, 3.05) is 0 Å². The Labute approximate surface area is 46.3 Å². The van der Waals surface area contributed by atoms with E-state index in [1.807, 2.05) is 15.7 Å². The molecule has 2 nitrogen and oxygen atoms in total. The molecule has 0 radical (unpaired) electrons. The molecule has 30 valence electrons. The second-order valence-electron chi connectivity index (χ2n) is 1.18. The number of rotatable bonds is 0. The Morgan fingerprint density at radius 3 is 2.67 bits per heavy atom. The fourth-order valence-corrected chi connectivity index (χ4v) is 0.986. The second-order valence-corrected chi connectivity index (χ2v) is 3.10. The summed E-state index contributed by atoms with van der Waals surface area (Å²) in [7, 11) is 0. The van der Waals surface area contributed by atoms with Crippen LogP contribution in [0.5, 0.6) is 0 Å². The Hall–Kier alpha value is -0.154. The van der Waals surface area contributed by atoms with E-state index in [0.717, 1.165) is 0 Å². The number of aromatic nitrogens is 2. The van der Waals surface area contributed by atoms with Gasteiger partial charge in [-0.25, -0.2) is 0 Å². The first-order valence-corrected chi connectivity index (χ1v) is 3.71. The van der Waals surface area contributed by atoms with Gasteiger partial charge >= 0.3 is 45.8 Å². The van der Waals surface area contributed by atoms with Crippen LogP contribution in [0.25, 0.3) is 0 Å². The third-order valence-corrected chi connectivity index (χ3v) is 1.75. The topological polar surface area (TPSA) is 17.8 Å². The number of nitrogens with zero attached hydrogens (tertiary/aromatic N) is 2. The molecule has 0 N–H and O–H groups in total. The van der Waals surface area contributed by atoms with Crippen LogP contribution in [0.15, 0.2) is 18.5 Å². The van der Waals surface area contributed by atoms with Crippen molar-refractivity contribution in [2.24, 2.45) is 0 Å². The van der Waals surface area contributed by atoms with Gasteiger partial charge in [-0.2, -0.15) is 0 Å². The molecule has 0 aliphatic heterocycles. The van der Waals surface area contributed by atoms with Gasteiger partial charge in [-0.05, 0) is 0 Å². The molecule has 0 aromatic carbocycles. The third-order valence-electron chi connectivity index (χ3n) is 0.637. The van der Waals surface area contributed by atoms with Crippen molar-refractivity contribution in [2.45, 2.75) is 0 Å². The molecule has 0 atom stereocenters. The monoisotopic (exact) mass is 138 g/mol. The van der Waals surface area contributed by atoms with Gasteiger partial charge in [-0.1, -0.05) is 0 Å². The minimum absolute atomic E-state index is 0.691. The van der Waals surface area contributed by atoms with E-state index in [1.165, 1.54) is 0 Å². The van der Waals surface area contributed by atoms with E-state index in [2.05, 4.69) is 5.10 Å². The zero-order valence-electron chi connectivity index (χ0n) is 3.63. The molecule has 1 aromatic heterocycles. The molecule has 0 aliphatic carbocycles. The summed E-state index contributed by atoms with van der Waals surface area (Å²) in [4.78, 5) is 0. The van der Waals surface area contributed by atoms with Crippen molar-refractivity contribution in [3.8, 4) is 0 Å². The van der Waals surface area contributed by atoms with Crippen LogP contribution in [0.4, 0.5) is 0 Å². The molecule has 0 aliphatic rings. The first kappa shape index (κ1) is 4.02. The van der Waals surface area contributed by atoms with Gasteiger partial charge in [0, 0.05) is 0 Å². The molecule has 1 heterocycles. The van der Waals surface area contributed by atoms with Gasteiger partial charge in [-0.3, -0.25) is 0 Å². The van der Waals surface area contributed by atoms with E-state index in [1.54, 1.807) is 6.20 Å². The summed E-state index contributed by atoms with van der Waals surface area (Å²) < 4.78 is 1.94. The number of hydrogen-bond acceptors (Lipinski definition) is 1. The van der Waals surface area contributed by atoms with E-state index < -0.39 is 0 Å². The van der Waals surface area contributed by atoms with Crippen molar-refractivity contribution < 1.29 is 0 Å². The minimum atomic E-state index is 0.691. The van der Waals surface area contributed by atoms with Crippen molar-refractivity contribution in [3.63, 3.8) is 0 Å². The Balaban J connectivity index is 3.05. The van der Waals surface area contributed by atoms with Gasteiger partial charge in [-0.15, -0.1) is 0 Å². The Kier molecular flexibility index (Phi) is 1.02. The van der Waals surface area contributed by atoms with Gasteiger partial charge in [0.25, 0.3) is 0 Å². The van der Waals surface area contributed by atoms with Crippen LogP contribution < -0.4 is 0 Å². The normalized spacial score (nSPS) is 8.67. The van der Waals surface area contributed by atoms with E-state index in [-0.39, 0.29) is 0 Å². The van der Waals surface area contributed by atoms with Gasteiger partial charge in [0.2, 0.25) is 0 Å². The summed E-state index contributed by atoms with van der Waals surface area (Å²) in [5.41, 5.74) is 0. The zero-order chi connectivity index (χ0) is 4.41. The molecule has 0 saturated heterocycles. The molecule has 0 bridgehead atoms. The zero-order valence-corrected chi connectivity index (χ0v) is 7.82. The Morgan fingerprint density at radius 1 is 1.67 bits per heavy atom. The van der Waals surface area contributed by atoms with Crippen LogP contribution >= 0.6 is 0 Å². The van der Waals surface area contributed by atoms with Crippen LogP contribution in [0, 0.1) is 0 Å². The predicted octanol–water partition coefficient (Wildman–Crippen LogP) is -0.721. The van der Waals surface area contributed by atoms with Gasteiger partial charge in [0.05, 0.1) is 0 Å². The van der Waals surface area contributed by atoms with Crippen LogP contribution in [0.2, 0.25) is 0 Å². The predicted molar refractivity (Wildman–Crippen MR) is 26.2 cm³/mol. The molecule has 1 aromatic rings. The maximum atomic E-state index is 3.92. The summed E-state index contributed by atoms with van der Waals surface area (Å²) in [6.45, 7) is 0. The molecule has 3 heteroatoms. The van der Waals surface area contributed by atoms with Gasteiger partial charge in [0.15, 0.2) is 0 Å². The summed E-state index contributed by atoms with van der Waals surface area (Å²) >= 11 is 0.691. The Morgan fingerprint density at radius 2 is 2.50 bits per heavy atom. The van der Waals surface area contributed by atoms with Crippen LogP contribution in [0.1, 0.15) is 0 Å². The van der Waals surface area contributed by atoms with E-state index >= 15 is 0 Å². The molecule has 0 unspecified atom stereocenters. The fraction of sp³-hybridized carbons (Fsp3) is 0. The van der Waals surface area contributed by atoms with Gasteiger partial charge < -0.3 is 0 Å². The average Bonchev–Trinajstić information content (AvgIpc) is 1.86. The molecule has 0 saturated carbocycles. The number of hydrogen-bond donors (Lipinski definition) is 0. The second kappa shape index (κ2) is 1.53. The standard InChI is InChI=1S/C3H3N2.Ga.2H/c1-2-4-5-3-1;;;/h1-3H;;;/q-1;+1;;. The average molecular weight is 139 g/mol. The summed E-state index contributed by atoms with van der Waals surface area (Å²) in [6.07, 6.45) is 3.77. The molecule has 0 amide bonds. The van der Waals surface area contributed by atoms with Gasteiger partial charge in [0.1, 0.15) is 0 Å². The quantitative estimate of drug-likeness (QED) is 0.433. The van der Waals surface area contributed by atoms with Crippen LogP contribution in [-0.4, -0.2) is 27.3 Å². The van der Waals surface area contributed by atoms with E-state index in [4.69, 9.17) is 0 Å². The first-order chi connectivity index (χ1) is 2.89. The van der Waals surface area contributed by atoms with Crippen molar-refractivity contribution >= 4 is 18.8 Å². The molecule has 1 rings (SSSR count). The Bertz CT molecular complexity index is 112. The SMILES string of the molecule is [GaH2][n]1cccn1. The van der Waals surface area contributed by atoms with Crippen molar-refractivity contribution in [3.05, 3.63) is 18.5 Å². The maximum absolute atomic E-state index is 3.92.